The molecule has 2 aromatic heterocycles. The van der Waals surface area contributed by atoms with Crippen LogP contribution in [0.1, 0.15) is 48.3 Å². The molecule has 0 saturated carbocycles. The predicted octanol–water partition coefficient (Wildman–Crippen LogP) is 6.79. The lowest BCUT2D eigenvalue weighted by atomic mass is 9.89. The molecule has 0 amide bonds. The number of carbonyl (C=O) groups excluding carboxylic acids is 1. The van der Waals surface area contributed by atoms with Crippen LogP contribution in [0.2, 0.25) is 5.02 Å². The quantitative estimate of drug-likeness (QED) is 0.388. The second-order valence-corrected chi connectivity index (χ2v) is 8.34. The summed E-state index contributed by atoms with van der Waals surface area (Å²) in [5.74, 6) is -0.918. The molecule has 4 rings (SSSR count). The number of nitrogens with zero attached hydrogens (tertiary/aromatic N) is 3. The van der Waals surface area contributed by atoms with Crippen LogP contribution in [0.4, 0.5) is 13.2 Å². The first-order valence-corrected chi connectivity index (χ1v) is 11.2. The third-order valence-electron chi connectivity index (χ3n) is 5.57. The van der Waals surface area contributed by atoms with Gasteiger partial charge in [-0.1, -0.05) is 29.8 Å². The highest BCUT2D eigenvalue weighted by atomic mass is 35.5. The molecule has 1 aromatic carbocycles. The normalized spacial score (nSPS) is 14.2. The van der Waals surface area contributed by atoms with Gasteiger partial charge in [0.1, 0.15) is 5.56 Å². The lowest BCUT2D eigenvalue weighted by Crippen LogP contribution is -2.19. The first-order chi connectivity index (χ1) is 16.6. The maximum absolute atomic E-state index is 13.9. The van der Waals surface area contributed by atoms with E-state index in [4.69, 9.17) is 16.3 Å². The summed E-state index contributed by atoms with van der Waals surface area (Å²) in [5.41, 5.74) is 1.52. The van der Waals surface area contributed by atoms with Crippen LogP contribution in [0.25, 0.3) is 22.6 Å². The van der Waals surface area contributed by atoms with Crippen molar-refractivity contribution in [3.05, 3.63) is 81.8 Å². The average Bonchev–Trinajstić information content (AvgIpc) is 3.27. The fraction of sp³-hybridized carbons (Fsp3) is 0.240. The number of halogens is 4. The third-order valence-corrected chi connectivity index (χ3v) is 5.80. The lowest BCUT2D eigenvalue weighted by molar-refractivity contribution is -0.143. The van der Waals surface area contributed by atoms with Gasteiger partial charge in [-0.3, -0.25) is 0 Å². The molecule has 3 aromatic rings. The van der Waals surface area contributed by atoms with Gasteiger partial charge in [-0.2, -0.15) is 18.3 Å². The Morgan fingerprint density at radius 3 is 2.66 bits per heavy atom. The molecule has 1 aliphatic carbocycles. The van der Waals surface area contributed by atoms with Gasteiger partial charge in [0.05, 0.1) is 24.3 Å². The van der Waals surface area contributed by atoms with E-state index in [0.29, 0.717) is 39.6 Å². The molecule has 10 heteroatoms. The Labute approximate surface area is 204 Å². The predicted molar refractivity (Wildman–Crippen MR) is 125 cm³/mol. The van der Waals surface area contributed by atoms with E-state index in [-0.39, 0.29) is 12.4 Å². The van der Waals surface area contributed by atoms with Crippen LogP contribution in [0, 0.1) is 0 Å². The van der Waals surface area contributed by atoms with E-state index in [1.165, 1.54) is 13.0 Å². The van der Waals surface area contributed by atoms with E-state index in [2.05, 4.69) is 10.1 Å². The van der Waals surface area contributed by atoms with E-state index in [1.807, 2.05) is 12.1 Å². The van der Waals surface area contributed by atoms with Gasteiger partial charge in [-0.15, -0.1) is 0 Å². The second-order valence-electron chi connectivity index (χ2n) is 7.91. The first kappa shape index (κ1) is 24.5. The molecule has 0 radical (unpaired) electrons. The highest BCUT2D eigenvalue weighted by molar-refractivity contribution is 6.31. The summed E-state index contributed by atoms with van der Waals surface area (Å²) in [6.45, 7) is 3.24. The number of pyridine rings is 1. The minimum Gasteiger partial charge on any atom is -0.512 e. The maximum Gasteiger partial charge on any atom is 0.434 e. The molecule has 1 N–H and O–H groups in total. The molecular formula is C25H21ClF3N3O3. The summed E-state index contributed by atoms with van der Waals surface area (Å²) < 4.78 is 47.2. The summed E-state index contributed by atoms with van der Waals surface area (Å²) in [6, 6.07) is 9.82. The van der Waals surface area contributed by atoms with Gasteiger partial charge >= 0.3 is 12.1 Å². The first-order valence-electron chi connectivity index (χ1n) is 10.8. The number of aromatic nitrogens is 3. The van der Waals surface area contributed by atoms with E-state index in [9.17, 15) is 23.1 Å². The highest BCUT2D eigenvalue weighted by Crippen LogP contribution is 2.37. The minimum absolute atomic E-state index is 0.0745. The molecule has 0 aliphatic heterocycles. The van der Waals surface area contributed by atoms with Crippen molar-refractivity contribution in [1.29, 1.82) is 0 Å². The second kappa shape index (κ2) is 9.58. The molecule has 35 heavy (non-hydrogen) atoms. The van der Waals surface area contributed by atoms with Crippen LogP contribution in [0.5, 0.6) is 0 Å². The number of esters is 1. The number of aliphatic hydroxyl groups excluding tert-OH is 1. The van der Waals surface area contributed by atoms with Crippen molar-refractivity contribution in [2.75, 3.05) is 6.61 Å². The van der Waals surface area contributed by atoms with Crippen LogP contribution in [-0.4, -0.2) is 32.4 Å². The Morgan fingerprint density at radius 1 is 1.20 bits per heavy atom. The molecule has 0 atom stereocenters. The van der Waals surface area contributed by atoms with E-state index >= 15 is 0 Å². The summed E-state index contributed by atoms with van der Waals surface area (Å²) in [4.78, 5) is 16.6. The van der Waals surface area contributed by atoms with Crippen molar-refractivity contribution in [2.45, 2.75) is 32.9 Å². The Kier molecular flexibility index (Phi) is 6.71. The molecule has 1 aliphatic rings. The molecule has 0 spiro atoms. The number of aliphatic hydroxyl groups is 1. The van der Waals surface area contributed by atoms with Crippen molar-refractivity contribution >= 4 is 23.1 Å². The molecule has 0 bridgehead atoms. The van der Waals surface area contributed by atoms with Gasteiger partial charge in [0.15, 0.2) is 11.5 Å². The Balaban J connectivity index is 1.85. The molecule has 182 valence electrons. The number of rotatable bonds is 5. The number of alkyl halides is 3. The largest absolute Gasteiger partial charge is 0.512 e. The monoisotopic (exact) mass is 503 g/mol. The highest BCUT2D eigenvalue weighted by Gasteiger charge is 2.41. The fourth-order valence-corrected chi connectivity index (χ4v) is 4.10. The van der Waals surface area contributed by atoms with E-state index in [1.54, 1.807) is 31.2 Å². The molecule has 0 fully saturated rings. The van der Waals surface area contributed by atoms with Crippen LogP contribution < -0.4 is 0 Å². The smallest absolute Gasteiger partial charge is 0.434 e. The SMILES string of the molecule is CCOC(=O)c1cnn(-c2cccc(-c3cc(Cl)ccc3C3=CC(C)=C(O)CC3)n2)c1C(F)(F)F. The Morgan fingerprint density at radius 2 is 1.97 bits per heavy atom. The number of benzene rings is 1. The van der Waals surface area contributed by atoms with Crippen molar-refractivity contribution < 1.29 is 27.8 Å². The Bertz CT molecular complexity index is 1360. The zero-order valence-corrected chi connectivity index (χ0v) is 19.6. The van der Waals surface area contributed by atoms with Gasteiger partial charge in [-0.05, 0) is 61.2 Å². The molecule has 0 unspecified atom stereocenters. The maximum atomic E-state index is 13.9. The van der Waals surface area contributed by atoms with Crippen LogP contribution >= 0.6 is 11.6 Å². The fourth-order valence-electron chi connectivity index (χ4n) is 3.93. The van der Waals surface area contributed by atoms with Crippen molar-refractivity contribution in [3.63, 3.8) is 0 Å². The topological polar surface area (TPSA) is 77.2 Å². The number of carbonyl (C=O) groups is 1. The van der Waals surface area contributed by atoms with Gasteiger partial charge < -0.3 is 9.84 Å². The molecule has 0 saturated heterocycles. The zero-order valence-electron chi connectivity index (χ0n) is 18.9. The van der Waals surface area contributed by atoms with Crippen molar-refractivity contribution in [3.8, 4) is 17.1 Å². The van der Waals surface area contributed by atoms with Gasteiger partial charge in [0, 0.05) is 17.0 Å². The number of allylic oxidation sites excluding steroid dienone is 4. The summed E-state index contributed by atoms with van der Waals surface area (Å²) in [6.07, 6.45) is -1.12. The average molecular weight is 504 g/mol. The Hall–Kier alpha value is -3.59. The zero-order chi connectivity index (χ0) is 25.3. The lowest BCUT2D eigenvalue weighted by Gasteiger charge is -2.18. The standard InChI is InChI=1S/C25H21ClF3N3O3/c1-3-35-24(34)19-13-30-32(23(19)25(27,28)29)22-6-4-5-20(31-22)18-12-16(26)8-9-17(18)15-7-10-21(33)14(2)11-15/h4-6,8-9,11-13,33H,3,7,10H2,1-2H3. The van der Waals surface area contributed by atoms with Crippen LogP contribution in [-0.2, 0) is 10.9 Å². The number of hydrogen-bond acceptors (Lipinski definition) is 5. The van der Waals surface area contributed by atoms with Crippen molar-refractivity contribution in [1.82, 2.24) is 14.8 Å². The summed E-state index contributed by atoms with van der Waals surface area (Å²) >= 11 is 6.25. The molecule has 6 nitrogen and oxygen atoms in total. The molecular weight excluding hydrogens is 483 g/mol. The third kappa shape index (κ3) is 4.95. The minimum atomic E-state index is -4.88. The molecule has 2 heterocycles. The van der Waals surface area contributed by atoms with Crippen LogP contribution in [0.15, 0.2) is 60.0 Å². The van der Waals surface area contributed by atoms with Gasteiger partial charge in [-0.25, -0.2) is 14.5 Å². The van der Waals surface area contributed by atoms with E-state index in [0.717, 1.165) is 22.9 Å². The van der Waals surface area contributed by atoms with Gasteiger partial charge in [0.25, 0.3) is 0 Å². The van der Waals surface area contributed by atoms with Crippen LogP contribution in [0.3, 0.4) is 0 Å². The summed E-state index contributed by atoms with van der Waals surface area (Å²) in [5, 5.41) is 14.2. The number of hydrogen-bond donors (Lipinski definition) is 1. The number of ether oxygens (including phenoxy) is 1. The van der Waals surface area contributed by atoms with Gasteiger partial charge in [0.2, 0.25) is 0 Å². The summed E-state index contributed by atoms with van der Waals surface area (Å²) in [7, 11) is 0. The van der Waals surface area contributed by atoms with E-state index < -0.39 is 23.4 Å². The van der Waals surface area contributed by atoms with Crippen molar-refractivity contribution in [2.24, 2.45) is 0 Å².